The monoisotopic (exact) mass is 275 g/mol. The number of nitrogens with zero attached hydrogens (tertiary/aromatic N) is 1. The van der Waals surface area contributed by atoms with Gasteiger partial charge in [-0.3, -0.25) is 4.79 Å². The van der Waals surface area contributed by atoms with Crippen LogP contribution in [0.2, 0.25) is 0 Å². The van der Waals surface area contributed by atoms with Crippen LogP contribution in [-0.4, -0.2) is 31.1 Å². The molecule has 2 rings (SSSR count). The number of Topliss-reactive ketones (excluding diaryl/α,β-unsaturated/α-hetero) is 1. The lowest BCUT2D eigenvalue weighted by Crippen LogP contribution is -2.33. The minimum absolute atomic E-state index is 0.0880. The smallest absolute Gasteiger partial charge is 0.168 e. The molecule has 0 amide bonds. The molecule has 110 valence electrons. The van der Waals surface area contributed by atoms with Crippen molar-refractivity contribution in [2.75, 3.05) is 19.0 Å². The number of ketones is 1. The van der Waals surface area contributed by atoms with E-state index in [1.54, 1.807) is 0 Å². The summed E-state index contributed by atoms with van der Waals surface area (Å²) in [5, 5.41) is 0. The first-order chi connectivity index (χ1) is 9.12. The summed E-state index contributed by atoms with van der Waals surface area (Å²) in [6.45, 7) is 8.14. The Morgan fingerprint density at radius 2 is 1.90 bits per heavy atom. The fourth-order valence-corrected chi connectivity index (χ4v) is 3.11. The van der Waals surface area contributed by atoms with Crippen LogP contribution in [0.15, 0.2) is 24.3 Å². The lowest BCUT2D eigenvalue weighted by Gasteiger charge is -2.26. The molecule has 3 nitrogen and oxygen atoms in total. The van der Waals surface area contributed by atoms with Crippen molar-refractivity contribution >= 4 is 11.5 Å². The van der Waals surface area contributed by atoms with E-state index < -0.39 is 5.60 Å². The van der Waals surface area contributed by atoms with E-state index in [0.29, 0.717) is 0 Å². The predicted molar refractivity (Wildman–Crippen MR) is 82.4 cm³/mol. The Hall–Kier alpha value is -1.35. The van der Waals surface area contributed by atoms with E-state index in [2.05, 4.69) is 13.8 Å². The maximum absolute atomic E-state index is 12.8. The van der Waals surface area contributed by atoms with Crippen LogP contribution in [0.3, 0.4) is 0 Å². The molecular weight excluding hydrogens is 250 g/mol. The van der Waals surface area contributed by atoms with Gasteiger partial charge in [-0.2, -0.15) is 0 Å². The van der Waals surface area contributed by atoms with E-state index in [0.717, 1.165) is 17.7 Å². The third-order valence-corrected chi connectivity index (χ3v) is 4.04. The standard InChI is InChI=1S/C17H25NO2/c1-16(2)11-14(17(3,4)20-16)15(19)12-8-7-9-13(10-12)18(5)6/h7-10,14H,11H2,1-6H3. The second-order valence-electron chi connectivity index (χ2n) is 7.03. The van der Waals surface area contributed by atoms with Crippen LogP contribution < -0.4 is 4.90 Å². The van der Waals surface area contributed by atoms with E-state index >= 15 is 0 Å². The van der Waals surface area contributed by atoms with Gasteiger partial charge in [-0.05, 0) is 46.2 Å². The van der Waals surface area contributed by atoms with Crippen molar-refractivity contribution in [2.45, 2.75) is 45.3 Å². The molecule has 0 saturated carbocycles. The summed E-state index contributed by atoms with van der Waals surface area (Å²) in [4.78, 5) is 14.8. The number of carbonyl (C=O) groups excluding carboxylic acids is 1. The number of carbonyl (C=O) groups is 1. The Labute approximate surface area is 121 Å². The highest BCUT2D eigenvalue weighted by atomic mass is 16.5. The maximum Gasteiger partial charge on any atom is 0.168 e. The molecule has 1 heterocycles. The third-order valence-electron chi connectivity index (χ3n) is 4.04. The summed E-state index contributed by atoms with van der Waals surface area (Å²) < 4.78 is 6.04. The second kappa shape index (κ2) is 4.88. The molecule has 20 heavy (non-hydrogen) atoms. The van der Waals surface area contributed by atoms with Crippen LogP contribution in [0.25, 0.3) is 0 Å². The number of ether oxygens (including phenoxy) is 1. The van der Waals surface area contributed by atoms with Gasteiger partial charge >= 0.3 is 0 Å². The molecule has 1 fully saturated rings. The molecule has 1 atom stereocenters. The predicted octanol–water partition coefficient (Wildman–Crippen LogP) is 3.53. The van der Waals surface area contributed by atoms with Crippen LogP contribution in [0.5, 0.6) is 0 Å². The van der Waals surface area contributed by atoms with Gasteiger partial charge in [0.2, 0.25) is 0 Å². The normalized spacial score (nSPS) is 23.6. The van der Waals surface area contributed by atoms with E-state index in [9.17, 15) is 4.79 Å². The van der Waals surface area contributed by atoms with Crippen LogP contribution in [-0.2, 0) is 4.74 Å². The molecule has 0 spiro atoms. The molecule has 1 aliphatic heterocycles. The summed E-state index contributed by atoms with van der Waals surface area (Å²) in [6.07, 6.45) is 0.769. The van der Waals surface area contributed by atoms with Gasteiger partial charge in [-0.15, -0.1) is 0 Å². The number of anilines is 1. The highest BCUT2D eigenvalue weighted by molar-refractivity contribution is 5.99. The molecule has 0 radical (unpaired) electrons. The van der Waals surface area contributed by atoms with Crippen molar-refractivity contribution < 1.29 is 9.53 Å². The highest BCUT2D eigenvalue weighted by Crippen LogP contribution is 2.43. The SMILES string of the molecule is CN(C)c1cccc(C(=O)C2CC(C)(C)OC2(C)C)c1. The zero-order chi connectivity index (χ0) is 15.1. The summed E-state index contributed by atoms with van der Waals surface area (Å²) in [5.41, 5.74) is 1.18. The third kappa shape index (κ3) is 2.88. The van der Waals surface area contributed by atoms with Crippen LogP contribution >= 0.6 is 0 Å². The molecule has 1 aromatic carbocycles. The molecule has 0 aromatic heterocycles. The number of rotatable bonds is 3. The lowest BCUT2D eigenvalue weighted by atomic mass is 9.81. The van der Waals surface area contributed by atoms with Gasteiger partial charge in [0.25, 0.3) is 0 Å². The molecule has 0 N–H and O–H groups in total. The van der Waals surface area contributed by atoms with E-state index in [-0.39, 0.29) is 17.3 Å². The topological polar surface area (TPSA) is 29.5 Å². The summed E-state index contributed by atoms with van der Waals surface area (Å²) in [6, 6.07) is 7.81. The van der Waals surface area contributed by atoms with Gasteiger partial charge in [0.1, 0.15) is 0 Å². The Kier molecular flexibility index (Phi) is 3.67. The van der Waals surface area contributed by atoms with Crippen molar-refractivity contribution in [3.63, 3.8) is 0 Å². The Balaban J connectivity index is 2.30. The van der Waals surface area contributed by atoms with Crippen molar-refractivity contribution in [3.8, 4) is 0 Å². The number of hydrogen-bond acceptors (Lipinski definition) is 3. The molecular formula is C17H25NO2. The maximum atomic E-state index is 12.8. The van der Waals surface area contributed by atoms with E-state index in [1.807, 2.05) is 57.1 Å². The van der Waals surface area contributed by atoms with Gasteiger partial charge in [0, 0.05) is 25.3 Å². The van der Waals surface area contributed by atoms with Crippen molar-refractivity contribution in [1.82, 2.24) is 0 Å². The van der Waals surface area contributed by atoms with Gasteiger partial charge in [0.05, 0.1) is 17.1 Å². The zero-order valence-corrected chi connectivity index (χ0v) is 13.4. The first kappa shape index (κ1) is 15.0. The molecule has 3 heteroatoms. The Bertz CT molecular complexity index is 517. The molecule has 0 aliphatic carbocycles. The van der Waals surface area contributed by atoms with Gasteiger partial charge in [-0.25, -0.2) is 0 Å². The minimum atomic E-state index is -0.408. The molecule has 1 aliphatic rings. The van der Waals surface area contributed by atoms with Gasteiger partial charge in [0.15, 0.2) is 5.78 Å². The Morgan fingerprint density at radius 3 is 2.40 bits per heavy atom. The summed E-state index contributed by atoms with van der Waals surface area (Å²) in [7, 11) is 3.96. The first-order valence-electron chi connectivity index (χ1n) is 7.14. The summed E-state index contributed by atoms with van der Waals surface area (Å²) in [5.74, 6) is 0.0965. The van der Waals surface area contributed by atoms with E-state index in [1.165, 1.54) is 0 Å². The fourth-order valence-electron chi connectivity index (χ4n) is 3.11. The fraction of sp³-hybridized carbons (Fsp3) is 0.588. The average Bonchev–Trinajstić information content (AvgIpc) is 2.56. The van der Waals surface area contributed by atoms with Crippen LogP contribution in [0, 0.1) is 5.92 Å². The van der Waals surface area contributed by atoms with Gasteiger partial charge in [-0.1, -0.05) is 12.1 Å². The largest absolute Gasteiger partial charge is 0.378 e. The lowest BCUT2D eigenvalue weighted by molar-refractivity contribution is -0.0712. The van der Waals surface area contributed by atoms with E-state index in [4.69, 9.17) is 4.74 Å². The zero-order valence-electron chi connectivity index (χ0n) is 13.4. The second-order valence-corrected chi connectivity index (χ2v) is 7.03. The molecule has 1 aromatic rings. The quantitative estimate of drug-likeness (QED) is 0.790. The number of hydrogen-bond donors (Lipinski definition) is 0. The van der Waals surface area contributed by atoms with Crippen LogP contribution in [0.4, 0.5) is 5.69 Å². The van der Waals surface area contributed by atoms with Crippen molar-refractivity contribution in [2.24, 2.45) is 5.92 Å². The van der Waals surface area contributed by atoms with Crippen molar-refractivity contribution in [3.05, 3.63) is 29.8 Å². The number of benzene rings is 1. The molecule has 0 bridgehead atoms. The highest BCUT2D eigenvalue weighted by Gasteiger charge is 2.49. The molecule has 1 unspecified atom stereocenters. The van der Waals surface area contributed by atoms with Gasteiger partial charge < -0.3 is 9.64 Å². The van der Waals surface area contributed by atoms with Crippen molar-refractivity contribution in [1.29, 1.82) is 0 Å². The average molecular weight is 275 g/mol. The Morgan fingerprint density at radius 1 is 1.25 bits per heavy atom. The van der Waals surface area contributed by atoms with Crippen LogP contribution in [0.1, 0.15) is 44.5 Å². The summed E-state index contributed by atoms with van der Waals surface area (Å²) >= 11 is 0. The first-order valence-corrected chi connectivity index (χ1v) is 7.14. The molecule has 1 saturated heterocycles. The minimum Gasteiger partial charge on any atom is -0.378 e.